The number of carboxylic acids is 2. The van der Waals surface area contributed by atoms with Crippen molar-refractivity contribution in [2.75, 3.05) is 71.1 Å². The lowest BCUT2D eigenvalue weighted by Gasteiger charge is -2.32. The second-order valence-corrected chi connectivity index (χ2v) is 37.8. The number of carboxylic acid groups (broad SMARTS) is 2. The lowest BCUT2D eigenvalue weighted by Crippen LogP contribution is -2.41. The number of aromatic nitrogens is 8. The van der Waals surface area contributed by atoms with Crippen LogP contribution in [0.15, 0.2) is 157 Å². The number of allylic oxidation sites excluding steroid dienone is 1. The van der Waals surface area contributed by atoms with Gasteiger partial charge in [0.1, 0.15) is 0 Å². The van der Waals surface area contributed by atoms with Crippen LogP contribution in [-0.4, -0.2) is 189 Å². The Labute approximate surface area is 757 Å². The molecule has 9 rings (SSSR count). The number of aliphatic hydroxyl groups is 1. The number of H-pyrrole nitrogens is 3. The van der Waals surface area contributed by atoms with Crippen LogP contribution >= 0.6 is 107 Å². The summed E-state index contributed by atoms with van der Waals surface area (Å²) in [6.07, 6.45) is 12.7. The molecule has 8 aromatic rings. The second kappa shape index (κ2) is 53.2. The number of aromatic carboxylic acids is 2. The van der Waals surface area contributed by atoms with Crippen LogP contribution in [0, 0.1) is 10.8 Å². The molecule has 0 atom stereocenters. The van der Waals surface area contributed by atoms with Crippen molar-refractivity contribution < 1.29 is 105 Å². The average molecular weight is 2120 g/mol. The number of rotatable bonds is 21. The first-order chi connectivity index (χ1) is 56.4. The highest BCUT2D eigenvalue weighted by Gasteiger charge is 2.53. The van der Waals surface area contributed by atoms with E-state index in [4.69, 9.17) is 78.6 Å². The summed E-state index contributed by atoms with van der Waals surface area (Å²) >= 11 is 24.6. The smallest absolute Gasteiger partial charge is 0.500 e. The van der Waals surface area contributed by atoms with Gasteiger partial charge in [0, 0.05) is 72.6 Å². The highest BCUT2D eigenvalue weighted by Crippen LogP contribution is 2.38. The van der Waals surface area contributed by atoms with E-state index in [1.807, 2.05) is 87.4 Å². The van der Waals surface area contributed by atoms with E-state index in [1.165, 1.54) is 72.2 Å². The molecule has 1 fully saturated rings. The van der Waals surface area contributed by atoms with Crippen molar-refractivity contribution in [2.24, 2.45) is 10.8 Å². The maximum atomic E-state index is 12.0. The minimum absolute atomic E-state index is 0.00437. The topological polar surface area (TPSA) is 446 Å². The number of nitrogens with zero attached hydrogens (tertiary/aromatic N) is 5. The van der Waals surface area contributed by atoms with E-state index < -0.39 is 61.3 Å². The maximum Gasteiger partial charge on any atom is 0.500 e. The van der Waals surface area contributed by atoms with Crippen LogP contribution in [-0.2, 0) is 72.3 Å². The molecule has 0 spiro atoms. The standard InChI is InChI=1S/C18H28BNO5.C12H16BrNO3.C8H8BrNO3.C8H18O2Si.C7H7BrClNO.C7H6BrNO3.C7H8BrNO2.C6H4BrNO3.C6H5NO3/c1-16(2,15(21)23-8)10-12-9-13(14(22-7)20-11-12)19-24-17(3,4)18(5,6)25-19;1-12(2,11(15)17-4)6-8-5-9(13)10(16-3)14-7-8;1-12-7-6(9)3-5(4-10-7)8(11)13-2;1-7(2)8(9-3)10-11(4,5)6;1-11-7-6(8)2-5(3-9)4-10-7;1-12-7(11)4-2-5(8)6(10)9-3-4;1-11-7-6(8)2-5(4-10)3-9-7;7-4-1-3(6(10)11)2-8-5(4)9;8-5-2-1-4(3-7-5)6(9)10/h9,11H,10H2,1-8H3;5,7H,6H2,1-4H3;3-4H,1-2H3;1-6H3;2,4H,3H2,1H3;2-3H,1H3,(H,9,10);2-3,10H,4H2,1H3;1-2H,(H,8,9)(H,10,11);1-3H,(H,7,8)(H,9,10). The molecule has 33 nitrogen and oxygen atoms in total. The molecule has 121 heavy (non-hydrogen) atoms. The number of alkyl halides is 1. The Balaban J connectivity index is 0.000000693. The van der Waals surface area contributed by atoms with E-state index in [-0.39, 0.29) is 50.8 Å². The summed E-state index contributed by atoms with van der Waals surface area (Å²) in [6, 6.07) is 14.2. The third kappa shape index (κ3) is 38.2. The van der Waals surface area contributed by atoms with Crippen LogP contribution in [0.3, 0.4) is 0 Å². The van der Waals surface area contributed by atoms with Crippen LogP contribution in [0.4, 0.5) is 0 Å². The largest absolute Gasteiger partial charge is 0.520 e. The first-order valence-corrected chi connectivity index (χ1v) is 44.1. The van der Waals surface area contributed by atoms with Gasteiger partial charge in [-0.3, -0.25) is 24.0 Å². The maximum absolute atomic E-state index is 12.0. The highest BCUT2D eigenvalue weighted by molar-refractivity contribution is 9.11. The summed E-state index contributed by atoms with van der Waals surface area (Å²) in [5.74, 6) is 0.182. The Morgan fingerprint density at radius 3 is 1.17 bits per heavy atom. The quantitative estimate of drug-likeness (QED) is 0.0128. The molecule has 0 aromatic carbocycles. The Kier molecular flexibility index (Phi) is 48.4. The van der Waals surface area contributed by atoms with Gasteiger partial charge in [0.25, 0.3) is 17.1 Å². The highest BCUT2D eigenvalue weighted by atomic mass is 79.9. The van der Waals surface area contributed by atoms with Crippen molar-refractivity contribution in [1.82, 2.24) is 39.9 Å². The molecule has 9 heterocycles. The van der Waals surface area contributed by atoms with Gasteiger partial charge in [-0.2, -0.15) is 0 Å². The minimum Gasteiger partial charge on any atom is -0.520 e. The Morgan fingerprint density at radius 1 is 0.471 bits per heavy atom. The molecule has 6 N–H and O–H groups in total. The number of hydrogen-bond acceptors (Lipinski definition) is 28. The van der Waals surface area contributed by atoms with Crippen molar-refractivity contribution >= 4 is 164 Å². The predicted octanol–water partition coefficient (Wildman–Crippen LogP) is 14.9. The molecule has 0 aliphatic carbocycles. The molecule has 0 saturated carbocycles. The number of carbonyl (C=O) groups is 6. The van der Waals surface area contributed by atoms with Gasteiger partial charge in [-0.25, -0.2) is 44.1 Å². The third-order valence-electron chi connectivity index (χ3n) is 15.7. The van der Waals surface area contributed by atoms with Crippen molar-refractivity contribution in [3.63, 3.8) is 0 Å². The average Bonchev–Trinajstić information content (AvgIpc) is 1.62. The van der Waals surface area contributed by atoms with Crippen molar-refractivity contribution in [3.8, 4) is 29.4 Å². The van der Waals surface area contributed by atoms with E-state index in [2.05, 4.69) is 165 Å². The van der Waals surface area contributed by atoms with Gasteiger partial charge in [0.15, 0.2) is 0 Å². The number of hydrogen-bond donors (Lipinski definition) is 6. The summed E-state index contributed by atoms with van der Waals surface area (Å²) < 4.78 is 70.3. The molecule has 662 valence electrons. The summed E-state index contributed by atoms with van der Waals surface area (Å²) in [5.41, 5.74) is 3.18. The summed E-state index contributed by atoms with van der Waals surface area (Å²) in [7, 11) is 12.7. The van der Waals surface area contributed by atoms with Crippen LogP contribution in [0.5, 0.6) is 29.4 Å². The molecule has 0 bridgehead atoms. The van der Waals surface area contributed by atoms with Crippen LogP contribution in [0.2, 0.25) is 19.6 Å². The first kappa shape index (κ1) is 110. The molecule has 1 aliphatic heterocycles. The number of nitrogens with one attached hydrogen (secondary N) is 3. The SMILES string of the molecule is COC(=O)C(C)(C)Cc1cnc(OC)c(B2OC(C)(C)C(C)(C)O2)c1.COC(=O)C(C)(C)Cc1cnc(OC)c(Br)c1.COC(=O)c1c[nH]c(=O)c(Br)c1.COC(=O)c1cnc(OC)c(Br)c1.COC(O[Si](C)(C)C)=C(C)C.COc1ncc(CCl)cc1Br.COc1ncc(CO)cc1Br.O=C(O)c1c[nH]c(=O)c(Br)c1.O=C(O)c1ccc(=O)[nH]c1. The third-order valence-corrected chi connectivity index (χ3v) is 20.3. The van der Waals surface area contributed by atoms with Gasteiger partial charge in [-0.1, -0.05) is 6.07 Å². The molecule has 1 aliphatic rings. The summed E-state index contributed by atoms with van der Waals surface area (Å²) in [4.78, 5) is 125. The zero-order valence-electron chi connectivity index (χ0n) is 70.9. The van der Waals surface area contributed by atoms with Gasteiger partial charge >= 0.3 is 42.9 Å². The molecule has 0 unspecified atom stereocenters. The van der Waals surface area contributed by atoms with Gasteiger partial charge in [-0.05, 0) is 262 Å². The number of aromatic amines is 3. The number of carbonyl (C=O) groups excluding carboxylic acids is 4. The zero-order valence-corrected chi connectivity index (χ0v) is 82.2. The molecule has 0 radical (unpaired) electrons. The first-order valence-electron chi connectivity index (χ1n) is 35.4. The lowest BCUT2D eigenvalue weighted by molar-refractivity contribution is -0.151. The summed E-state index contributed by atoms with van der Waals surface area (Å²) in [5, 5.41) is 25.5. The van der Waals surface area contributed by atoms with Crippen molar-refractivity contribution in [1.29, 1.82) is 0 Å². The van der Waals surface area contributed by atoms with Gasteiger partial charge in [0.2, 0.25) is 43.3 Å². The van der Waals surface area contributed by atoms with E-state index >= 15 is 0 Å². The molecular formula is C79H100BBr6ClN8O25Si. The zero-order chi connectivity index (χ0) is 92.7. The van der Waals surface area contributed by atoms with Gasteiger partial charge in [0.05, 0.1) is 149 Å². The monoisotopic (exact) mass is 2110 g/mol. The van der Waals surface area contributed by atoms with Gasteiger partial charge in [-0.15, -0.1) is 11.6 Å². The molecular weight excluding hydrogens is 2010 g/mol. The Morgan fingerprint density at radius 2 is 0.826 bits per heavy atom. The number of pyridine rings is 8. The number of aliphatic hydroxyl groups excluding tert-OH is 1. The molecule has 8 aromatic heterocycles. The van der Waals surface area contributed by atoms with E-state index in [0.717, 1.165) is 59.1 Å². The van der Waals surface area contributed by atoms with Gasteiger partial charge < -0.3 is 91.4 Å². The lowest BCUT2D eigenvalue weighted by atomic mass is 9.77. The molecule has 0 amide bonds. The van der Waals surface area contributed by atoms with Crippen molar-refractivity contribution in [2.45, 2.75) is 125 Å². The van der Waals surface area contributed by atoms with Crippen LogP contribution < -0.4 is 45.8 Å². The fraction of sp³-hybridized carbons (Fsp3) is 0.392. The number of ether oxygens (including phenoxy) is 10. The fourth-order valence-corrected chi connectivity index (χ4v) is 12.9. The normalized spacial score (nSPS) is 11.8. The molecule has 42 heteroatoms. The van der Waals surface area contributed by atoms with E-state index in [1.54, 1.807) is 72.5 Å². The second-order valence-electron chi connectivity index (χ2n) is 28.0. The van der Waals surface area contributed by atoms with Crippen LogP contribution in [0.1, 0.15) is 133 Å². The number of methoxy groups -OCH3 is 10. The van der Waals surface area contributed by atoms with E-state index in [0.29, 0.717) is 74.1 Å². The van der Waals surface area contributed by atoms with E-state index in [9.17, 15) is 43.2 Å². The Bertz CT molecular complexity index is 4880. The van der Waals surface area contributed by atoms with Crippen LogP contribution in [0.25, 0.3) is 0 Å². The fourth-order valence-electron chi connectivity index (χ4n) is 8.99. The number of halogens is 7. The van der Waals surface area contributed by atoms with Crippen molar-refractivity contribution in [3.05, 3.63) is 218 Å². The Hall–Kier alpha value is -8.91. The molecule has 1 saturated heterocycles. The predicted molar refractivity (Wildman–Crippen MR) is 478 cm³/mol. The summed E-state index contributed by atoms with van der Waals surface area (Å²) in [6.45, 7) is 25.7. The minimum atomic E-state index is -1.49. The number of esters is 4.